The van der Waals surface area contributed by atoms with Gasteiger partial charge in [-0.05, 0) is 31.0 Å². The van der Waals surface area contributed by atoms with Crippen molar-refractivity contribution in [3.8, 4) is 5.75 Å². The lowest BCUT2D eigenvalue weighted by Gasteiger charge is -2.10. The minimum absolute atomic E-state index is 0.0718. The van der Waals surface area contributed by atoms with Crippen molar-refractivity contribution < 1.29 is 4.74 Å². The maximum Gasteiger partial charge on any atom is 0.119 e. The summed E-state index contributed by atoms with van der Waals surface area (Å²) in [6.45, 7) is 5.05. The minimum atomic E-state index is 0.0718. The lowest BCUT2D eigenvalue weighted by atomic mass is 10.1. The molecular weight excluding hydrogens is 222 g/mol. The first-order valence-electron chi connectivity index (χ1n) is 7.22. The molecule has 0 radical (unpaired) electrons. The number of nitrogens with two attached hydrogens (primary N) is 1. The first kappa shape index (κ1) is 15.0. The Morgan fingerprint density at radius 1 is 1.11 bits per heavy atom. The Bertz CT molecular complexity index is 323. The lowest BCUT2D eigenvalue weighted by Crippen LogP contribution is -2.05. The second kappa shape index (κ2) is 8.98. The summed E-state index contributed by atoms with van der Waals surface area (Å²) in [6, 6.07) is 8.17. The molecule has 1 aromatic carbocycles. The SMILES string of the molecule is CCCCCCCCOc1cccc(C(C)N)c1. The van der Waals surface area contributed by atoms with Crippen LogP contribution in [0, 0.1) is 0 Å². The summed E-state index contributed by atoms with van der Waals surface area (Å²) in [7, 11) is 0. The van der Waals surface area contributed by atoms with Crippen molar-refractivity contribution in [1.82, 2.24) is 0 Å². The summed E-state index contributed by atoms with van der Waals surface area (Å²) in [5.41, 5.74) is 6.98. The summed E-state index contributed by atoms with van der Waals surface area (Å²) in [5, 5.41) is 0. The van der Waals surface area contributed by atoms with Gasteiger partial charge in [-0.25, -0.2) is 0 Å². The molecule has 0 aliphatic carbocycles. The molecule has 0 saturated carbocycles. The summed E-state index contributed by atoms with van der Waals surface area (Å²) in [5.74, 6) is 0.943. The Morgan fingerprint density at radius 3 is 2.56 bits per heavy atom. The molecule has 0 spiro atoms. The lowest BCUT2D eigenvalue weighted by molar-refractivity contribution is 0.304. The van der Waals surface area contributed by atoms with Crippen molar-refractivity contribution in [2.24, 2.45) is 5.73 Å². The topological polar surface area (TPSA) is 35.2 Å². The Hall–Kier alpha value is -1.02. The van der Waals surface area contributed by atoms with Gasteiger partial charge in [-0.1, -0.05) is 51.2 Å². The van der Waals surface area contributed by atoms with Crippen molar-refractivity contribution >= 4 is 0 Å². The molecule has 0 aliphatic rings. The van der Waals surface area contributed by atoms with E-state index in [4.69, 9.17) is 10.5 Å². The van der Waals surface area contributed by atoms with Crippen LogP contribution in [0.3, 0.4) is 0 Å². The van der Waals surface area contributed by atoms with Gasteiger partial charge in [0.05, 0.1) is 6.61 Å². The van der Waals surface area contributed by atoms with Gasteiger partial charge in [0.1, 0.15) is 5.75 Å². The highest BCUT2D eigenvalue weighted by Gasteiger charge is 2.00. The van der Waals surface area contributed by atoms with Gasteiger partial charge in [-0.15, -0.1) is 0 Å². The van der Waals surface area contributed by atoms with Crippen LogP contribution in [-0.2, 0) is 0 Å². The normalized spacial score (nSPS) is 12.4. The number of hydrogen-bond acceptors (Lipinski definition) is 2. The van der Waals surface area contributed by atoms with Gasteiger partial charge in [-0.2, -0.15) is 0 Å². The van der Waals surface area contributed by atoms with Crippen LogP contribution in [-0.4, -0.2) is 6.61 Å². The van der Waals surface area contributed by atoms with E-state index in [1.54, 1.807) is 0 Å². The van der Waals surface area contributed by atoms with Crippen LogP contribution in [0.4, 0.5) is 0 Å². The average Bonchev–Trinajstić information content (AvgIpc) is 2.38. The first-order valence-corrected chi connectivity index (χ1v) is 7.22. The highest BCUT2D eigenvalue weighted by molar-refractivity contribution is 5.30. The van der Waals surface area contributed by atoms with Gasteiger partial charge in [0.25, 0.3) is 0 Å². The first-order chi connectivity index (χ1) is 8.74. The van der Waals surface area contributed by atoms with E-state index in [2.05, 4.69) is 6.92 Å². The second-order valence-corrected chi connectivity index (χ2v) is 4.98. The van der Waals surface area contributed by atoms with E-state index in [0.717, 1.165) is 24.3 Å². The molecule has 0 saturated heterocycles. The summed E-state index contributed by atoms with van der Waals surface area (Å²) >= 11 is 0. The van der Waals surface area contributed by atoms with Crippen molar-refractivity contribution in [3.63, 3.8) is 0 Å². The Kier molecular flexibility index (Phi) is 7.51. The summed E-state index contributed by atoms with van der Waals surface area (Å²) in [6.07, 6.45) is 7.77. The fourth-order valence-corrected chi connectivity index (χ4v) is 1.96. The predicted molar refractivity (Wildman–Crippen MR) is 77.9 cm³/mol. The third-order valence-electron chi connectivity index (χ3n) is 3.15. The molecule has 1 rings (SSSR count). The van der Waals surface area contributed by atoms with Crippen molar-refractivity contribution in [3.05, 3.63) is 29.8 Å². The summed E-state index contributed by atoms with van der Waals surface area (Å²) < 4.78 is 5.75. The number of rotatable bonds is 9. The average molecular weight is 249 g/mol. The molecule has 0 fully saturated rings. The minimum Gasteiger partial charge on any atom is -0.494 e. The largest absolute Gasteiger partial charge is 0.494 e. The van der Waals surface area contributed by atoms with E-state index in [1.807, 2.05) is 31.2 Å². The van der Waals surface area contributed by atoms with Crippen molar-refractivity contribution in [1.29, 1.82) is 0 Å². The Balaban J connectivity index is 2.17. The van der Waals surface area contributed by atoms with Gasteiger partial charge < -0.3 is 10.5 Å². The maximum absolute atomic E-state index is 5.85. The third-order valence-corrected chi connectivity index (χ3v) is 3.15. The molecule has 0 aromatic heterocycles. The van der Waals surface area contributed by atoms with Crippen LogP contribution in [0.2, 0.25) is 0 Å². The van der Waals surface area contributed by atoms with E-state index < -0.39 is 0 Å². The highest BCUT2D eigenvalue weighted by Crippen LogP contribution is 2.18. The molecule has 1 atom stereocenters. The molecule has 2 heteroatoms. The maximum atomic E-state index is 5.85. The van der Waals surface area contributed by atoms with E-state index in [9.17, 15) is 0 Å². The van der Waals surface area contributed by atoms with Crippen molar-refractivity contribution in [2.75, 3.05) is 6.61 Å². The third kappa shape index (κ3) is 6.06. The quantitative estimate of drug-likeness (QED) is 0.656. The predicted octanol–water partition coefficient (Wildman–Crippen LogP) is 4.45. The van der Waals surface area contributed by atoms with Crippen LogP contribution >= 0.6 is 0 Å². The zero-order valence-corrected chi connectivity index (χ0v) is 11.8. The van der Waals surface area contributed by atoms with Crippen molar-refractivity contribution in [2.45, 2.75) is 58.4 Å². The molecule has 102 valence electrons. The molecular formula is C16H27NO. The molecule has 0 bridgehead atoms. The van der Waals surface area contributed by atoms with E-state index in [1.165, 1.54) is 32.1 Å². The van der Waals surface area contributed by atoms with Gasteiger partial charge in [0.15, 0.2) is 0 Å². The zero-order chi connectivity index (χ0) is 13.2. The van der Waals surface area contributed by atoms with Crippen LogP contribution in [0.25, 0.3) is 0 Å². The monoisotopic (exact) mass is 249 g/mol. The van der Waals surface area contributed by atoms with Crippen LogP contribution < -0.4 is 10.5 Å². The highest BCUT2D eigenvalue weighted by atomic mass is 16.5. The molecule has 0 heterocycles. The fourth-order valence-electron chi connectivity index (χ4n) is 1.96. The number of unbranched alkanes of at least 4 members (excludes halogenated alkanes) is 5. The van der Waals surface area contributed by atoms with Gasteiger partial charge >= 0.3 is 0 Å². The molecule has 1 unspecified atom stereocenters. The molecule has 1 aromatic rings. The number of benzene rings is 1. The molecule has 0 aliphatic heterocycles. The Labute approximate surface area is 112 Å². The van der Waals surface area contributed by atoms with Crippen LogP contribution in [0.5, 0.6) is 5.75 Å². The standard InChI is InChI=1S/C16H27NO/c1-3-4-5-6-7-8-12-18-16-11-9-10-15(13-16)14(2)17/h9-11,13-14H,3-8,12,17H2,1-2H3. The molecule has 18 heavy (non-hydrogen) atoms. The number of hydrogen-bond donors (Lipinski definition) is 1. The number of ether oxygens (including phenoxy) is 1. The van der Waals surface area contributed by atoms with Gasteiger partial charge in [-0.3, -0.25) is 0 Å². The van der Waals surface area contributed by atoms with E-state index >= 15 is 0 Å². The molecule has 0 amide bonds. The van der Waals surface area contributed by atoms with Gasteiger partial charge in [0.2, 0.25) is 0 Å². The van der Waals surface area contributed by atoms with Crippen LogP contribution in [0.1, 0.15) is 64.0 Å². The Morgan fingerprint density at radius 2 is 1.83 bits per heavy atom. The molecule has 2 N–H and O–H groups in total. The molecule has 2 nitrogen and oxygen atoms in total. The fraction of sp³-hybridized carbons (Fsp3) is 0.625. The second-order valence-electron chi connectivity index (χ2n) is 4.98. The smallest absolute Gasteiger partial charge is 0.119 e. The van der Waals surface area contributed by atoms with Gasteiger partial charge in [0, 0.05) is 6.04 Å². The van der Waals surface area contributed by atoms with E-state index in [0.29, 0.717) is 0 Å². The van der Waals surface area contributed by atoms with Crippen LogP contribution in [0.15, 0.2) is 24.3 Å². The zero-order valence-electron chi connectivity index (χ0n) is 11.8. The summed E-state index contributed by atoms with van der Waals surface area (Å²) in [4.78, 5) is 0. The van der Waals surface area contributed by atoms with E-state index in [-0.39, 0.29) is 6.04 Å².